The van der Waals surface area contributed by atoms with Gasteiger partial charge in [-0.05, 0) is 5.56 Å². The molecule has 1 aliphatic rings. The highest BCUT2D eigenvalue weighted by molar-refractivity contribution is 14.1. The van der Waals surface area contributed by atoms with Crippen LogP contribution in [-0.4, -0.2) is 40.0 Å². The SMILES string of the molecule is C[C@@]1(CC(F)(C(F)(F)F)C(F)(F)F)C(=O)N(OCc2ccccc2)C[C@@H]1CI. The summed E-state index contributed by atoms with van der Waals surface area (Å²) in [6, 6.07) is 8.49. The van der Waals surface area contributed by atoms with Crippen molar-refractivity contribution in [3.8, 4) is 0 Å². The number of hydroxylamine groups is 2. The predicted molar refractivity (Wildman–Crippen MR) is 94.0 cm³/mol. The molecule has 0 N–H and O–H groups in total. The summed E-state index contributed by atoms with van der Waals surface area (Å²) in [5.41, 5.74) is -7.07. The van der Waals surface area contributed by atoms with Crippen LogP contribution in [0.5, 0.6) is 0 Å². The number of nitrogens with zero attached hydrogens (tertiary/aromatic N) is 1. The van der Waals surface area contributed by atoms with E-state index in [1.807, 2.05) is 0 Å². The molecule has 1 fully saturated rings. The largest absolute Gasteiger partial charge is 0.431 e. The Morgan fingerprint density at radius 1 is 1.11 bits per heavy atom. The third kappa shape index (κ3) is 4.24. The van der Waals surface area contributed by atoms with Gasteiger partial charge in [0.2, 0.25) is 0 Å². The van der Waals surface area contributed by atoms with Crippen LogP contribution in [0.25, 0.3) is 0 Å². The molecule has 0 aliphatic carbocycles. The Labute approximate surface area is 170 Å². The lowest BCUT2D eigenvalue weighted by Gasteiger charge is -2.37. The van der Waals surface area contributed by atoms with E-state index in [1.165, 1.54) is 0 Å². The van der Waals surface area contributed by atoms with Crippen molar-refractivity contribution in [2.24, 2.45) is 11.3 Å². The summed E-state index contributed by atoms with van der Waals surface area (Å²) in [7, 11) is 0. The molecule has 1 aromatic carbocycles. The molecule has 11 heteroatoms. The zero-order valence-electron chi connectivity index (χ0n) is 14.6. The number of carbonyl (C=O) groups excluding carboxylic acids is 1. The van der Waals surface area contributed by atoms with E-state index in [0.29, 0.717) is 5.56 Å². The molecule has 0 radical (unpaired) electrons. The highest BCUT2D eigenvalue weighted by atomic mass is 127. The molecule has 28 heavy (non-hydrogen) atoms. The fraction of sp³-hybridized carbons (Fsp3) is 0.588. The first-order chi connectivity index (χ1) is 12.8. The molecular weight excluding hydrogens is 510 g/mol. The fourth-order valence-corrected chi connectivity index (χ4v) is 4.34. The molecule has 1 aliphatic heterocycles. The zero-order valence-corrected chi connectivity index (χ0v) is 16.7. The van der Waals surface area contributed by atoms with Crippen LogP contribution < -0.4 is 0 Å². The average Bonchev–Trinajstić information content (AvgIpc) is 2.82. The Morgan fingerprint density at radius 3 is 2.11 bits per heavy atom. The van der Waals surface area contributed by atoms with Crippen molar-refractivity contribution in [2.75, 3.05) is 11.0 Å². The van der Waals surface area contributed by atoms with Crippen molar-refractivity contribution in [2.45, 2.75) is 38.0 Å². The van der Waals surface area contributed by atoms with Gasteiger partial charge in [0.15, 0.2) is 0 Å². The van der Waals surface area contributed by atoms with Crippen LogP contribution in [0.1, 0.15) is 18.9 Å². The summed E-state index contributed by atoms with van der Waals surface area (Å²) in [5.74, 6) is -2.04. The number of halogens is 8. The Hall–Kier alpha value is -1.11. The average molecular weight is 527 g/mol. The molecule has 2 rings (SSSR count). The van der Waals surface area contributed by atoms with Crippen molar-refractivity contribution >= 4 is 28.5 Å². The van der Waals surface area contributed by atoms with Crippen molar-refractivity contribution < 1.29 is 40.4 Å². The topological polar surface area (TPSA) is 29.5 Å². The summed E-state index contributed by atoms with van der Waals surface area (Å²) in [6.45, 7) is 0.600. The lowest BCUT2D eigenvalue weighted by Crippen LogP contribution is -2.57. The lowest BCUT2D eigenvalue weighted by atomic mass is 9.72. The second kappa shape index (κ2) is 7.96. The molecule has 0 aromatic heterocycles. The number of hydrogen-bond acceptors (Lipinski definition) is 2. The van der Waals surface area contributed by atoms with Gasteiger partial charge in [-0.15, -0.1) is 0 Å². The molecule has 2 atom stereocenters. The van der Waals surface area contributed by atoms with Gasteiger partial charge in [-0.25, -0.2) is 9.45 Å². The van der Waals surface area contributed by atoms with Gasteiger partial charge in [0.1, 0.15) is 6.61 Å². The molecule has 1 saturated heterocycles. The Bertz CT molecular complexity index is 681. The number of alkyl halides is 8. The van der Waals surface area contributed by atoms with Gasteiger partial charge in [0, 0.05) is 16.8 Å². The highest BCUT2D eigenvalue weighted by Crippen LogP contribution is 2.55. The maximum absolute atomic E-state index is 14.3. The molecule has 0 unspecified atom stereocenters. The molecule has 1 aromatic rings. The van der Waals surface area contributed by atoms with Crippen LogP contribution in [0.4, 0.5) is 30.7 Å². The fourth-order valence-electron chi connectivity index (χ4n) is 3.09. The van der Waals surface area contributed by atoms with Gasteiger partial charge in [0.25, 0.3) is 11.6 Å². The lowest BCUT2D eigenvalue weighted by molar-refractivity contribution is -0.348. The molecule has 0 spiro atoms. The number of amides is 1. The standard InChI is InChI=1S/C17H17F7INO2/c1-14(10-15(18,16(19,20)21)17(22,23)24)12(7-25)8-26(13(14)27)28-9-11-5-3-2-4-6-11/h2-6,12H,7-10H2,1H3/t12-,14-/m0/s1. The first-order valence-corrected chi connectivity index (χ1v) is 9.66. The second-order valence-corrected chi connectivity index (χ2v) is 7.75. The number of hydrogen-bond donors (Lipinski definition) is 0. The summed E-state index contributed by atoms with van der Waals surface area (Å²) in [5, 5.41) is 0.740. The number of benzene rings is 1. The maximum atomic E-state index is 14.3. The molecule has 3 nitrogen and oxygen atoms in total. The molecule has 0 bridgehead atoms. The van der Waals surface area contributed by atoms with Crippen molar-refractivity contribution in [1.82, 2.24) is 5.06 Å². The minimum absolute atomic E-state index is 0.0526. The first-order valence-electron chi connectivity index (χ1n) is 8.13. The second-order valence-electron chi connectivity index (χ2n) is 6.87. The predicted octanol–water partition coefficient (Wildman–Crippen LogP) is 5.24. The van der Waals surface area contributed by atoms with Crippen LogP contribution in [0, 0.1) is 11.3 Å². The van der Waals surface area contributed by atoms with E-state index in [1.54, 1.807) is 52.9 Å². The van der Waals surface area contributed by atoms with Crippen LogP contribution in [0.3, 0.4) is 0 Å². The van der Waals surface area contributed by atoms with Crippen LogP contribution in [-0.2, 0) is 16.2 Å². The molecule has 0 saturated carbocycles. The normalized spacial score (nSPS) is 24.1. The highest BCUT2D eigenvalue weighted by Gasteiger charge is 2.75. The van der Waals surface area contributed by atoms with Gasteiger partial charge >= 0.3 is 12.4 Å². The van der Waals surface area contributed by atoms with Crippen LogP contribution in [0.2, 0.25) is 0 Å². The van der Waals surface area contributed by atoms with Gasteiger partial charge < -0.3 is 0 Å². The van der Waals surface area contributed by atoms with E-state index in [4.69, 9.17) is 4.84 Å². The quantitative estimate of drug-likeness (QED) is 0.288. The Balaban J connectivity index is 2.27. The summed E-state index contributed by atoms with van der Waals surface area (Å²) >= 11 is 1.75. The van der Waals surface area contributed by atoms with Gasteiger partial charge in [-0.1, -0.05) is 59.8 Å². The molecule has 1 amide bonds. The van der Waals surface area contributed by atoms with E-state index in [2.05, 4.69) is 0 Å². The third-order valence-corrected chi connectivity index (χ3v) is 5.99. The minimum atomic E-state index is -6.21. The van der Waals surface area contributed by atoms with Gasteiger partial charge in [-0.3, -0.25) is 9.63 Å². The monoisotopic (exact) mass is 527 g/mol. The van der Waals surface area contributed by atoms with Gasteiger partial charge in [-0.2, -0.15) is 26.3 Å². The minimum Gasteiger partial charge on any atom is -0.272 e. The van der Waals surface area contributed by atoms with E-state index in [0.717, 1.165) is 12.0 Å². The molecule has 158 valence electrons. The number of rotatable bonds is 6. The number of carbonyl (C=O) groups is 1. The van der Waals surface area contributed by atoms with Crippen LogP contribution in [0.15, 0.2) is 30.3 Å². The van der Waals surface area contributed by atoms with E-state index >= 15 is 0 Å². The van der Waals surface area contributed by atoms with Crippen LogP contribution >= 0.6 is 22.6 Å². The van der Waals surface area contributed by atoms with Gasteiger partial charge in [0.05, 0.1) is 12.0 Å². The smallest absolute Gasteiger partial charge is 0.272 e. The van der Waals surface area contributed by atoms with E-state index in [9.17, 15) is 35.5 Å². The van der Waals surface area contributed by atoms with Crippen molar-refractivity contribution in [3.63, 3.8) is 0 Å². The Morgan fingerprint density at radius 2 is 1.64 bits per heavy atom. The first kappa shape index (κ1) is 23.2. The van der Waals surface area contributed by atoms with E-state index < -0.39 is 41.7 Å². The third-order valence-electron chi connectivity index (χ3n) is 4.93. The Kier molecular flexibility index (Phi) is 6.59. The van der Waals surface area contributed by atoms with Crippen molar-refractivity contribution in [3.05, 3.63) is 35.9 Å². The summed E-state index contributed by atoms with van der Waals surface area (Å²) in [4.78, 5) is 18.0. The zero-order chi connectivity index (χ0) is 21.4. The molecular formula is C17H17F7INO2. The van der Waals surface area contributed by atoms with E-state index in [-0.39, 0.29) is 17.6 Å². The maximum Gasteiger partial charge on any atom is 0.431 e. The molecule has 1 heterocycles. The van der Waals surface area contributed by atoms with Crippen molar-refractivity contribution in [1.29, 1.82) is 0 Å². The summed E-state index contributed by atoms with van der Waals surface area (Å²) in [6.07, 6.45) is -14.5. The summed E-state index contributed by atoms with van der Waals surface area (Å²) < 4.78 is 92.3.